The number of hydrogen-bond acceptors (Lipinski definition) is 6. The van der Waals surface area contributed by atoms with E-state index < -0.39 is 0 Å². The lowest BCUT2D eigenvalue weighted by Gasteiger charge is -2.26. The van der Waals surface area contributed by atoms with Gasteiger partial charge in [-0.3, -0.25) is 14.5 Å². The summed E-state index contributed by atoms with van der Waals surface area (Å²) >= 11 is 6.01. The molecule has 8 nitrogen and oxygen atoms in total. The zero-order valence-corrected chi connectivity index (χ0v) is 20.1. The monoisotopic (exact) mass is 475 g/mol. The van der Waals surface area contributed by atoms with E-state index in [9.17, 15) is 9.59 Å². The maximum absolute atomic E-state index is 12.7. The molecule has 1 unspecified atom stereocenters. The van der Waals surface area contributed by atoms with Crippen molar-refractivity contribution in [1.29, 1.82) is 0 Å². The van der Waals surface area contributed by atoms with Crippen LogP contribution in [0.1, 0.15) is 25.5 Å². The lowest BCUT2D eigenvalue weighted by Crippen LogP contribution is -2.41. The predicted molar refractivity (Wildman–Crippen MR) is 127 cm³/mol. The molecule has 1 heterocycles. The Hall–Kier alpha value is -2.97. The highest BCUT2D eigenvalue weighted by Crippen LogP contribution is 2.34. The Labute approximate surface area is 199 Å². The minimum Gasteiger partial charge on any atom is -0.495 e. The molecule has 2 amide bonds. The molecule has 178 valence electrons. The highest BCUT2D eigenvalue weighted by atomic mass is 35.5. The van der Waals surface area contributed by atoms with Gasteiger partial charge in [-0.15, -0.1) is 0 Å². The van der Waals surface area contributed by atoms with Crippen molar-refractivity contribution in [3.05, 3.63) is 47.0 Å². The van der Waals surface area contributed by atoms with E-state index in [2.05, 4.69) is 10.6 Å². The second kappa shape index (κ2) is 11.2. The largest absolute Gasteiger partial charge is 0.495 e. The quantitative estimate of drug-likeness (QED) is 0.577. The highest BCUT2D eigenvalue weighted by molar-refractivity contribution is 6.31. The van der Waals surface area contributed by atoms with Gasteiger partial charge in [-0.25, -0.2) is 0 Å². The van der Waals surface area contributed by atoms with Gasteiger partial charge in [0.15, 0.2) is 11.5 Å². The van der Waals surface area contributed by atoms with E-state index in [-0.39, 0.29) is 36.9 Å². The maximum Gasteiger partial charge on any atom is 0.238 e. The second-order valence-corrected chi connectivity index (χ2v) is 8.69. The zero-order chi connectivity index (χ0) is 24.0. The molecular weight excluding hydrogens is 446 g/mol. The molecule has 0 aliphatic carbocycles. The fourth-order valence-corrected chi connectivity index (χ4v) is 3.79. The summed E-state index contributed by atoms with van der Waals surface area (Å²) < 4.78 is 16.5. The first kappa shape index (κ1) is 24.7. The minimum atomic E-state index is -0.280. The van der Waals surface area contributed by atoms with Gasteiger partial charge >= 0.3 is 0 Å². The van der Waals surface area contributed by atoms with E-state index in [1.165, 1.54) is 7.11 Å². The summed E-state index contributed by atoms with van der Waals surface area (Å²) in [6.45, 7) is 5.20. The van der Waals surface area contributed by atoms with E-state index >= 15 is 0 Å². The van der Waals surface area contributed by atoms with Crippen LogP contribution in [0.25, 0.3) is 0 Å². The number of halogens is 1. The minimum absolute atomic E-state index is 0.0272. The number of nitrogens with one attached hydrogen (secondary N) is 2. The fraction of sp³-hybridized carbons (Fsp3) is 0.417. The van der Waals surface area contributed by atoms with Gasteiger partial charge < -0.3 is 24.8 Å². The number of methoxy groups -OCH3 is 1. The molecule has 33 heavy (non-hydrogen) atoms. The van der Waals surface area contributed by atoms with E-state index in [1.807, 2.05) is 32.0 Å². The standard InChI is InChI=1S/C24H30ClN3O5/c1-15(2)24(16-5-7-20-21(11-16)33-10-9-32-20)27-23(30)14-28(3)13-22(29)26-18-12-17(25)6-8-19(18)31-4/h5-8,11-12,15,24H,9-10,13-14H2,1-4H3,(H,26,29)(H,27,30). The molecule has 9 heteroatoms. The molecular formula is C24H30ClN3O5. The molecule has 0 aromatic heterocycles. The number of benzene rings is 2. The average molecular weight is 476 g/mol. The van der Waals surface area contributed by atoms with Crippen LogP contribution in [0.2, 0.25) is 5.02 Å². The lowest BCUT2D eigenvalue weighted by atomic mass is 9.95. The topological polar surface area (TPSA) is 89.1 Å². The average Bonchev–Trinajstić information content (AvgIpc) is 2.77. The van der Waals surface area contributed by atoms with Crippen molar-refractivity contribution in [2.75, 3.05) is 45.8 Å². The van der Waals surface area contributed by atoms with E-state index in [1.54, 1.807) is 30.1 Å². The number of carbonyl (C=O) groups excluding carboxylic acids is 2. The van der Waals surface area contributed by atoms with Crippen molar-refractivity contribution < 1.29 is 23.8 Å². The Morgan fingerprint density at radius 2 is 1.76 bits per heavy atom. The SMILES string of the molecule is COc1ccc(Cl)cc1NC(=O)CN(C)CC(=O)NC(c1ccc2c(c1)OCCO2)C(C)C. The van der Waals surface area contributed by atoms with Crippen molar-refractivity contribution in [3.63, 3.8) is 0 Å². The number of ether oxygens (including phenoxy) is 3. The Morgan fingerprint density at radius 3 is 2.45 bits per heavy atom. The first-order chi connectivity index (χ1) is 15.8. The van der Waals surface area contributed by atoms with Crippen LogP contribution in [-0.4, -0.2) is 57.2 Å². The van der Waals surface area contributed by atoms with Crippen molar-refractivity contribution in [2.45, 2.75) is 19.9 Å². The summed E-state index contributed by atoms with van der Waals surface area (Å²) in [5.41, 5.74) is 1.42. The van der Waals surface area contributed by atoms with Gasteiger partial charge in [-0.05, 0) is 48.9 Å². The Kier molecular flexibility index (Phi) is 8.41. The molecule has 1 aliphatic rings. The second-order valence-electron chi connectivity index (χ2n) is 8.26. The number of nitrogens with zero attached hydrogens (tertiary/aromatic N) is 1. The van der Waals surface area contributed by atoms with Gasteiger partial charge in [0, 0.05) is 5.02 Å². The van der Waals surface area contributed by atoms with Gasteiger partial charge in [-0.1, -0.05) is 31.5 Å². The third-order valence-corrected chi connectivity index (χ3v) is 5.41. The molecule has 0 spiro atoms. The van der Waals surface area contributed by atoms with E-state index in [0.29, 0.717) is 41.2 Å². The summed E-state index contributed by atoms with van der Waals surface area (Å²) in [5.74, 6) is 1.59. The van der Waals surface area contributed by atoms with Crippen LogP contribution in [0.15, 0.2) is 36.4 Å². The van der Waals surface area contributed by atoms with Gasteiger partial charge in [0.05, 0.1) is 31.9 Å². The van der Waals surface area contributed by atoms with Gasteiger partial charge in [-0.2, -0.15) is 0 Å². The molecule has 3 rings (SSSR count). The predicted octanol–water partition coefficient (Wildman–Crippen LogP) is 3.50. The molecule has 2 aromatic carbocycles. The number of carbonyl (C=O) groups is 2. The smallest absolute Gasteiger partial charge is 0.238 e. The number of rotatable bonds is 9. The summed E-state index contributed by atoms with van der Waals surface area (Å²) in [7, 11) is 3.23. The molecule has 2 aromatic rings. The number of anilines is 1. The van der Waals surface area contributed by atoms with Crippen LogP contribution in [0.3, 0.4) is 0 Å². The molecule has 0 radical (unpaired) electrons. The maximum atomic E-state index is 12.7. The first-order valence-electron chi connectivity index (χ1n) is 10.8. The van der Waals surface area contributed by atoms with Crippen LogP contribution in [0, 0.1) is 5.92 Å². The number of hydrogen-bond donors (Lipinski definition) is 2. The summed E-state index contributed by atoms with van der Waals surface area (Å²) in [6.07, 6.45) is 0. The van der Waals surface area contributed by atoms with E-state index in [0.717, 1.165) is 5.56 Å². The third-order valence-electron chi connectivity index (χ3n) is 5.17. The molecule has 2 N–H and O–H groups in total. The molecule has 0 bridgehead atoms. The van der Waals surface area contributed by atoms with Crippen LogP contribution in [0.4, 0.5) is 5.69 Å². The number of likely N-dealkylation sites (N-methyl/N-ethyl adjacent to an activating group) is 1. The Balaban J connectivity index is 1.57. The molecule has 0 fully saturated rings. The van der Waals surface area contributed by atoms with Crippen molar-refractivity contribution >= 4 is 29.1 Å². The fourth-order valence-electron chi connectivity index (χ4n) is 3.62. The molecule has 1 aliphatic heterocycles. The van der Waals surface area contributed by atoms with Crippen molar-refractivity contribution in [1.82, 2.24) is 10.2 Å². The Morgan fingerprint density at radius 1 is 1.06 bits per heavy atom. The lowest BCUT2D eigenvalue weighted by molar-refractivity contribution is -0.123. The normalized spacial score (nSPS) is 13.5. The van der Waals surface area contributed by atoms with Crippen LogP contribution in [-0.2, 0) is 9.59 Å². The Bertz CT molecular complexity index is 998. The molecule has 0 saturated carbocycles. The van der Waals surface area contributed by atoms with Crippen LogP contribution < -0.4 is 24.8 Å². The van der Waals surface area contributed by atoms with Gasteiger partial charge in [0.1, 0.15) is 19.0 Å². The third kappa shape index (κ3) is 6.76. The summed E-state index contributed by atoms with van der Waals surface area (Å²) in [5, 5.41) is 6.33. The van der Waals surface area contributed by atoms with Gasteiger partial charge in [0.2, 0.25) is 11.8 Å². The van der Waals surface area contributed by atoms with Crippen molar-refractivity contribution in [3.8, 4) is 17.2 Å². The van der Waals surface area contributed by atoms with E-state index in [4.69, 9.17) is 25.8 Å². The summed E-state index contributed by atoms with van der Waals surface area (Å²) in [6, 6.07) is 10.5. The number of fused-ring (bicyclic) bond motifs is 1. The highest BCUT2D eigenvalue weighted by Gasteiger charge is 2.22. The molecule has 0 saturated heterocycles. The van der Waals surface area contributed by atoms with Crippen LogP contribution >= 0.6 is 11.6 Å². The van der Waals surface area contributed by atoms with Crippen molar-refractivity contribution in [2.24, 2.45) is 5.92 Å². The molecule has 1 atom stereocenters. The van der Waals surface area contributed by atoms with Crippen LogP contribution in [0.5, 0.6) is 17.2 Å². The number of amides is 2. The zero-order valence-electron chi connectivity index (χ0n) is 19.3. The van der Waals surface area contributed by atoms with Gasteiger partial charge in [0.25, 0.3) is 0 Å². The first-order valence-corrected chi connectivity index (χ1v) is 11.2. The summed E-state index contributed by atoms with van der Waals surface area (Å²) in [4.78, 5) is 26.8.